The zero-order chi connectivity index (χ0) is 15.1. The fourth-order valence-electron chi connectivity index (χ4n) is 1.93. The van der Waals surface area contributed by atoms with Gasteiger partial charge in [0.05, 0.1) is 20.3 Å². The number of halogens is 1. The number of methoxy groups -OCH3 is 2. The lowest BCUT2D eigenvalue weighted by Gasteiger charge is -2.17. The largest absolute Gasteiger partial charge is 0.493 e. The molecule has 0 aromatic heterocycles. The lowest BCUT2D eigenvalue weighted by Crippen LogP contribution is -2.27. The molecule has 0 saturated heterocycles. The summed E-state index contributed by atoms with van der Waals surface area (Å²) in [5.41, 5.74) is 0.382. The van der Waals surface area contributed by atoms with Crippen molar-refractivity contribution < 1.29 is 18.7 Å². The molecule has 1 aromatic rings. The summed E-state index contributed by atoms with van der Waals surface area (Å²) < 4.78 is 24.2. The summed E-state index contributed by atoms with van der Waals surface area (Å²) in [7, 11) is 2.94. The van der Waals surface area contributed by atoms with Crippen LogP contribution in [0.15, 0.2) is 12.1 Å². The molecular formula is C15H22FNO3. The molecule has 4 nitrogen and oxygen atoms in total. The molecule has 0 spiro atoms. The van der Waals surface area contributed by atoms with Crippen LogP contribution in [0.4, 0.5) is 4.39 Å². The molecular weight excluding hydrogens is 261 g/mol. The van der Waals surface area contributed by atoms with Crippen LogP contribution >= 0.6 is 0 Å². The predicted octanol–water partition coefficient (Wildman–Crippen LogP) is 3.21. The number of amides is 1. The monoisotopic (exact) mass is 283 g/mol. The Morgan fingerprint density at radius 1 is 1.30 bits per heavy atom. The minimum atomic E-state index is -0.425. The van der Waals surface area contributed by atoms with E-state index in [-0.39, 0.29) is 5.91 Å². The van der Waals surface area contributed by atoms with Crippen molar-refractivity contribution in [2.75, 3.05) is 14.2 Å². The number of hydrogen-bond donors (Lipinski definition) is 1. The van der Waals surface area contributed by atoms with Crippen LogP contribution in [0.1, 0.15) is 44.7 Å². The maximum atomic E-state index is 14.0. The Morgan fingerprint density at radius 3 is 2.45 bits per heavy atom. The van der Waals surface area contributed by atoms with E-state index >= 15 is 0 Å². The quantitative estimate of drug-likeness (QED) is 0.836. The highest BCUT2D eigenvalue weighted by Gasteiger charge is 2.17. The molecule has 20 heavy (non-hydrogen) atoms. The van der Waals surface area contributed by atoms with E-state index in [0.717, 1.165) is 12.8 Å². The normalized spacial score (nSPS) is 11.8. The van der Waals surface area contributed by atoms with Crippen LogP contribution in [0, 0.1) is 5.82 Å². The van der Waals surface area contributed by atoms with Gasteiger partial charge in [-0.05, 0) is 19.4 Å². The lowest BCUT2D eigenvalue weighted by molar-refractivity contribution is -0.121. The zero-order valence-electron chi connectivity index (χ0n) is 12.5. The van der Waals surface area contributed by atoms with Crippen LogP contribution in [-0.4, -0.2) is 20.1 Å². The van der Waals surface area contributed by atoms with Crippen molar-refractivity contribution in [3.8, 4) is 11.5 Å². The van der Waals surface area contributed by atoms with Gasteiger partial charge in [-0.15, -0.1) is 0 Å². The van der Waals surface area contributed by atoms with Crippen molar-refractivity contribution in [1.82, 2.24) is 5.32 Å². The summed E-state index contributed by atoms with van der Waals surface area (Å²) in [6, 6.07) is 2.40. The van der Waals surface area contributed by atoms with Crippen molar-refractivity contribution in [1.29, 1.82) is 0 Å². The van der Waals surface area contributed by atoms with Crippen LogP contribution in [0.5, 0.6) is 11.5 Å². The Bertz CT molecular complexity index is 463. The second-order valence-electron chi connectivity index (χ2n) is 4.62. The highest BCUT2D eigenvalue weighted by atomic mass is 19.1. The topological polar surface area (TPSA) is 47.6 Å². The van der Waals surface area contributed by atoms with Crippen molar-refractivity contribution in [2.24, 2.45) is 0 Å². The third-order valence-electron chi connectivity index (χ3n) is 3.10. The molecule has 1 amide bonds. The van der Waals surface area contributed by atoms with Gasteiger partial charge in [0.2, 0.25) is 5.91 Å². The molecule has 1 N–H and O–H groups in total. The molecule has 0 heterocycles. The first-order chi connectivity index (χ1) is 9.53. The van der Waals surface area contributed by atoms with E-state index in [1.807, 2.05) is 6.92 Å². The van der Waals surface area contributed by atoms with Gasteiger partial charge in [-0.25, -0.2) is 4.39 Å². The molecule has 1 rings (SSSR count). The van der Waals surface area contributed by atoms with Gasteiger partial charge in [-0.1, -0.05) is 13.3 Å². The van der Waals surface area contributed by atoms with Gasteiger partial charge in [0.1, 0.15) is 5.82 Å². The smallest absolute Gasteiger partial charge is 0.220 e. The summed E-state index contributed by atoms with van der Waals surface area (Å²) in [5, 5.41) is 2.79. The van der Waals surface area contributed by atoms with Gasteiger partial charge in [0.15, 0.2) is 11.5 Å². The third-order valence-corrected chi connectivity index (χ3v) is 3.10. The first kappa shape index (κ1) is 16.3. The molecule has 1 unspecified atom stereocenters. The lowest BCUT2D eigenvalue weighted by atomic mass is 10.1. The number of rotatable bonds is 7. The van der Waals surface area contributed by atoms with E-state index in [4.69, 9.17) is 9.47 Å². The summed E-state index contributed by atoms with van der Waals surface area (Å²) in [6.07, 6.45) is 2.23. The Kier molecular flexibility index (Phi) is 6.28. The number of unbranched alkanes of at least 4 members (excludes halogenated alkanes) is 1. The fraction of sp³-hybridized carbons (Fsp3) is 0.533. The van der Waals surface area contributed by atoms with Crippen LogP contribution in [-0.2, 0) is 4.79 Å². The maximum Gasteiger partial charge on any atom is 0.220 e. The minimum Gasteiger partial charge on any atom is -0.493 e. The molecule has 1 atom stereocenters. The van der Waals surface area contributed by atoms with Crippen molar-refractivity contribution in [3.05, 3.63) is 23.5 Å². The number of ether oxygens (including phenoxy) is 2. The average molecular weight is 283 g/mol. The standard InChI is InChI=1S/C15H22FNO3/c1-5-6-7-15(18)17-10(2)11-8-13(19-3)14(20-4)9-12(11)16/h8-10H,5-7H2,1-4H3,(H,17,18). The van der Waals surface area contributed by atoms with Crippen LogP contribution in [0.25, 0.3) is 0 Å². The molecule has 0 aliphatic rings. The van der Waals surface area contributed by atoms with Gasteiger partial charge in [0, 0.05) is 18.1 Å². The minimum absolute atomic E-state index is 0.0754. The Labute approximate surface area is 119 Å². The number of hydrogen-bond acceptors (Lipinski definition) is 3. The predicted molar refractivity (Wildman–Crippen MR) is 75.6 cm³/mol. The molecule has 0 fully saturated rings. The van der Waals surface area contributed by atoms with Crippen molar-refractivity contribution in [3.63, 3.8) is 0 Å². The summed E-state index contributed by atoms with van der Waals surface area (Å²) in [5.74, 6) is 0.274. The average Bonchev–Trinajstić information content (AvgIpc) is 2.44. The van der Waals surface area contributed by atoms with E-state index in [0.29, 0.717) is 23.5 Å². The van der Waals surface area contributed by atoms with E-state index in [2.05, 4.69) is 5.32 Å². The molecule has 0 aliphatic carbocycles. The van der Waals surface area contributed by atoms with Crippen LogP contribution in [0.2, 0.25) is 0 Å². The van der Waals surface area contributed by atoms with E-state index < -0.39 is 11.9 Å². The third kappa shape index (κ3) is 4.11. The Morgan fingerprint density at radius 2 is 1.90 bits per heavy atom. The highest BCUT2D eigenvalue weighted by molar-refractivity contribution is 5.76. The van der Waals surface area contributed by atoms with E-state index in [1.165, 1.54) is 20.3 Å². The highest BCUT2D eigenvalue weighted by Crippen LogP contribution is 2.32. The van der Waals surface area contributed by atoms with Gasteiger partial charge >= 0.3 is 0 Å². The van der Waals surface area contributed by atoms with Gasteiger partial charge in [-0.2, -0.15) is 0 Å². The van der Waals surface area contributed by atoms with Crippen LogP contribution < -0.4 is 14.8 Å². The first-order valence-electron chi connectivity index (χ1n) is 6.74. The first-order valence-corrected chi connectivity index (χ1v) is 6.74. The number of carbonyl (C=O) groups is 1. The molecule has 0 radical (unpaired) electrons. The second kappa shape index (κ2) is 7.72. The molecule has 0 bridgehead atoms. The van der Waals surface area contributed by atoms with E-state index in [1.54, 1.807) is 13.0 Å². The molecule has 0 aliphatic heterocycles. The number of nitrogens with one attached hydrogen (secondary N) is 1. The van der Waals surface area contributed by atoms with Gasteiger partial charge in [-0.3, -0.25) is 4.79 Å². The maximum absolute atomic E-state index is 14.0. The Balaban J connectivity index is 2.87. The van der Waals surface area contributed by atoms with Crippen molar-refractivity contribution >= 4 is 5.91 Å². The second-order valence-corrected chi connectivity index (χ2v) is 4.62. The summed E-state index contributed by atoms with van der Waals surface area (Å²) in [6.45, 7) is 3.76. The van der Waals surface area contributed by atoms with Crippen LogP contribution in [0.3, 0.4) is 0 Å². The Hall–Kier alpha value is -1.78. The van der Waals surface area contributed by atoms with Gasteiger partial charge < -0.3 is 14.8 Å². The molecule has 0 saturated carbocycles. The molecule has 5 heteroatoms. The van der Waals surface area contributed by atoms with Crippen molar-refractivity contribution in [2.45, 2.75) is 39.2 Å². The molecule has 1 aromatic carbocycles. The SMILES string of the molecule is CCCCC(=O)NC(C)c1cc(OC)c(OC)cc1F. The summed E-state index contributed by atoms with van der Waals surface area (Å²) >= 11 is 0. The number of benzene rings is 1. The zero-order valence-corrected chi connectivity index (χ0v) is 12.5. The van der Waals surface area contributed by atoms with E-state index in [9.17, 15) is 9.18 Å². The fourth-order valence-corrected chi connectivity index (χ4v) is 1.93. The summed E-state index contributed by atoms with van der Waals surface area (Å²) in [4.78, 5) is 11.7. The van der Waals surface area contributed by atoms with Gasteiger partial charge in [0.25, 0.3) is 0 Å². The number of carbonyl (C=O) groups excluding carboxylic acids is 1. The molecule has 112 valence electrons.